The lowest BCUT2D eigenvalue weighted by molar-refractivity contribution is 0.263. The fourth-order valence-corrected chi connectivity index (χ4v) is 0.831. The second-order valence-corrected chi connectivity index (χ2v) is 3.07. The van der Waals surface area contributed by atoms with E-state index in [4.69, 9.17) is 4.74 Å². The predicted octanol–water partition coefficient (Wildman–Crippen LogP) is 3.30. The van der Waals surface area contributed by atoms with E-state index in [9.17, 15) is 0 Å². The zero-order valence-electron chi connectivity index (χ0n) is 9.73. The Morgan fingerprint density at radius 1 is 1.33 bits per heavy atom. The molecule has 2 nitrogen and oxygen atoms in total. The smallest absolute Gasteiger partial charge is 0.130 e. The molecule has 0 saturated carbocycles. The van der Waals surface area contributed by atoms with Gasteiger partial charge in [-0.15, -0.1) is 0 Å². The summed E-state index contributed by atoms with van der Waals surface area (Å²) in [5.41, 5.74) is 1.14. The molecule has 0 bridgehead atoms. The Labute approximate surface area is 92.4 Å². The fourth-order valence-electron chi connectivity index (χ4n) is 0.831. The number of rotatable bonds is 6. The predicted molar refractivity (Wildman–Crippen MR) is 67.2 cm³/mol. The van der Waals surface area contributed by atoms with E-state index >= 15 is 0 Å². The molecular weight excluding hydrogens is 186 g/mol. The van der Waals surface area contributed by atoms with Crippen LogP contribution in [0.3, 0.4) is 0 Å². The van der Waals surface area contributed by atoms with Gasteiger partial charge in [-0.2, -0.15) is 0 Å². The third-order valence-electron chi connectivity index (χ3n) is 1.55. The molecule has 2 heteroatoms. The highest BCUT2D eigenvalue weighted by Gasteiger charge is 1.90. The SMILES string of the molecule is C=C(C=NC)OC/C(C)=C/C=C\C=C/C. The van der Waals surface area contributed by atoms with Crippen molar-refractivity contribution in [2.24, 2.45) is 4.99 Å². The molecule has 0 aromatic carbocycles. The van der Waals surface area contributed by atoms with E-state index in [0.717, 1.165) is 5.57 Å². The van der Waals surface area contributed by atoms with Crippen molar-refractivity contribution in [3.63, 3.8) is 0 Å². The van der Waals surface area contributed by atoms with Gasteiger partial charge in [0.15, 0.2) is 0 Å². The van der Waals surface area contributed by atoms with E-state index in [2.05, 4.69) is 11.6 Å². The van der Waals surface area contributed by atoms with Crippen LogP contribution in [-0.4, -0.2) is 19.9 Å². The van der Waals surface area contributed by atoms with Crippen molar-refractivity contribution < 1.29 is 4.74 Å². The van der Waals surface area contributed by atoms with Gasteiger partial charge in [0.1, 0.15) is 12.4 Å². The molecule has 0 N–H and O–H groups in total. The van der Waals surface area contributed by atoms with Crippen molar-refractivity contribution in [2.45, 2.75) is 13.8 Å². The highest BCUT2D eigenvalue weighted by Crippen LogP contribution is 1.98. The van der Waals surface area contributed by atoms with Crippen LogP contribution in [0, 0.1) is 0 Å². The molecular formula is C13H19NO. The summed E-state index contributed by atoms with van der Waals surface area (Å²) in [6.45, 7) is 8.24. The maximum Gasteiger partial charge on any atom is 0.130 e. The lowest BCUT2D eigenvalue weighted by atomic mass is 10.3. The van der Waals surface area contributed by atoms with Crippen LogP contribution in [-0.2, 0) is 4.74 Å². The van der Waals surface area contributed by atoms with Gasteiger partial charge >= 0.3 is 0 Å². The summed E-state index contributed by atoms with van der Waals surface area (Å²) in [5.74, 6) is 0.586. The van der Waals surface area contributed by atoms with E-state index < -0.39 is 0 Å². The molecule has 0 aliphatic heterocycles. The molecule has 0 atom stereocenters. The average Bonchev–Trinajstić information content (AvgIpc) is 2.22. The molecule has 0 spiro atoms. The van der Waals surface area contributed by atoms with E-state index in [1.807, 2.05) is 44.2 Å². The van der Waals surface area contributed by atoms with Crippen LogP contribution in [0.25, 0.3) is 0 Å². The minimum absolute atomic E-state index is 0.547. The van der Waals surface area contributed by atoms with Gasteiger partial charge in [-0.3, -0.25) is 4.99 Å². The van der Waals surface area contributed by atoms with Crippen LogP contribution in [0.2, 0.25) is 0 Å². The van der Waals surface area contributed by atoms with Gasteiger partial charge in [0.2, 0.25) is 0 Å². The van der Waals surface area contributed by atoms with Gasteiger partial charge in [-0.05, 0) is 19.4 Å². The van der Waals surface area contributed by atoms with Gasteiger partial charge in [0.25, 0.3) is 0 Å². The van der Waals surface area contributed by atoms with E-state index in [1.165, 1.54) is 0 Å². The maximum absolute atomic E-state index is 5.34. The highest BCUT2D eigenvalue weighted by molar-refractivity contribution is 5.74. The van der Waals surface area contributed by atoms with Gasteiger partial charge in [-0.1, -0.05) is 37.0 Å². The molecule has 0 fully saturated rings. The topological polar surface area (TPSA) is 21.6 Å². The van der Waals surface area contributed by atoms with Crippen molar-refractivity contribution in [1.82, 2.24) is 0 Å². The first-order valence-corrected chi connectivity index (χ1v) is 4.89. The van der Waals surface area contributed by atoms with Crippen molar-refractivity contribution in [1.29, 1.82) is 0 Å². The number of nitrogens with zero attached hydrogens (tertiary/aromatic N) is 1. The minimum Gasteiger partial charge on any atom is -0.488 e. The summed E-state index contributed by atoms with van der Waals surface area (Å²) in [5, 5.41) is 0. The van der Waals surface area contributed by atoms with E-state index in [-0.39, 0.29) is 0 Å². The summed E-state index contributed by atoms with van der Waals surface area (Å²) in [6.07, 6.45) is 11.5. The molecule has 0 rings (SSSR count). The van der Waals surface area contributed by atoms with Crippen molar-refractivity contribution in [3.05, 3.63) is 48.3 Å². The Balaban J connectivity index is 3.92. The Bertz CT molecular complexity index is 296. The van der Waals surface area contributed by atoms with Crippen LogP contribution in [0.15, 0.2) is 53.3 Å². The van der Waals surface area contributed by atoms with Crippen molar-refractivity contribution in [3.8, 4) is 0 Å². The summed E-state index contributed by atoms with van der Waals surface area (Å²) in [6, 6.07) is 0. The molecule has 0 amide bonds. The standard InChI is InChI=1S/C13H19NO/c1-5-6-7-8-9-12(2)11-15-13(3)10-14-4/h5-10H,3,11H2,1-2,4H3/b6-5-,8-7-,12-9+,14-10?. The zero-order valence-corrected chi connectivity index (χ0v) is 9.73. The van der Waals surface area contributed by atoms with Crippen LogP contribution in [0.4, 0.5) is 0 Å². The first-order valence-electron chi connectivity index (χ1n) is 4.89. The van der Waals surface area contributed by atoms with Crippen LogP contribution in [0.5, 0.6) is 0 Å². The first kappa shape index (κ1) is 13.4. The molecule has 0 aromatic heterocycles. The first-order chi connectivity index (χ1) is 7.20. The molecule has 0 unspecified atom stereocenters. The summed E-state index contributed by atoms with van der Waals surface area (Å²) in [7, 11) is 1.69. The Kier molecular flexibility index (Phi) is 8.06. The Morgan fingerprint density at radius 2 is 2.07 bits per heavy atom. The van der Waals surface area contributed by atoms with Gasteiger partial charge in [0, 0.05) is 7.05 Å². The summed E-state index contributed by atoms with van der Waals surface area (Å²) >= 11 is 0. The molecule has 0 aliphatic carbocycles. The summed E-state index contributed by atoms with van der Waals surface area (Å²) < 4.78 is 5.34. The second kappa shape index (κ2) is 9.00. The number of allylic oxidation sites excluding steroid dienone is 6. The molecule has 0 aliphatic rings. The van der Waals surface area contributed by atoms with Gasteiger partial charge in [0.05, 0.1) is 6.21 Å². The Morgan fingerprint density at radius 3 is 2.67 bits per heavy atom. The number of hydrogen-bond donors (Lipinski definition) is 0. The van der Waals surface area contributed by atoms with Gasteiger partial charge in [-0.25, -0.2) is 0 Å². The summed E-state index contributed by atoms with van der Waals surface area (Å²) in [4.78, 5) is 3.81. The van der Waals surface area contributed by atoms with Crippen molar-refractivity contribution in [2.75, 3.05) is 13.7 Å². The number of ether oxygens (including phenoxy) is 1. The third kappa shape index (κ3) is 8.75. The molecule has 15 heavy (non-hydrogen) atoms. The van der Waals surface area contributed by atoms with E-state index in [1.54, 1.807) is 13.3 Å². The molecule has 0 aromatic rings. The zero-order chi connectivity index (χ0) is 11.5. The van der Waals surface area contributed by atoms with Crippen LogP contribution < -0.4 is 0 Å². The van der Waals surface area contributed by atoms with Crippen LogP contribution in [0.1, 0.15) is 13.8 Å². The number of aliphatic imine (C=N–C) groups is 1. The minimum atomic E-state index is 0.547. The largest absolute Gasteiger partial charge is 0.488 e. The van der Waals surface area contributed by atoms with Gasteiger partial charge < -0.3 is 4.74 Å². The third-order valence-corrected chi connectivity index (χ3v) is 1.55. The Hall–Kier alpha value is -1.57. The van der Waals surface area contributed by atoms with Crippen LogP contribution >= 0.6 is 0 Å². The van der Waals surface area contributed by atoms with E-state index in [0.29, 0.717) is 12.4 Å². The highest BCUT2D eigenvalue weighted by atomic mass is 16.5. The molecule has 0 saturated heterocycles. The fraction of sp³-hybridized carbons (Fsp3) is 0.308. The normalized spacial score (nSPS) is 13.1. The average molecular weight is 205 g/mol. The lowest BCUT2D eigenvalue weighted by Gasteiger charge is -2.04. The quantitative estimate of drug-likeness (QED) is 0.370. The molecule has 0 radical (unpaired) electrons. The lowest BCUT2D eigenvalue weighted by Crippen LogP contribution is -1.95. The maximum atomic E-state index is 5.34. The second-order valence-electron chi connectivity index (χ2n) is 3.07. The molecule has 82 valence electrons. The monoisotopic (exact) mass is 205 g/mol. The van der Waals surface area contributed by atoms with Crippen molar-refractivity contribution >= 4 is 6.21 Å². The molecule has 0 heterocycles. The number of hydrogen-bond acceptors (Lipinski definition) is 2.